The smallest absolute Gasteiger partial charge is 0.119 e. The van der Waals surface area contributed by atoms with Gasteiger partial charge in [0.15, 0.2) is 0 Å². The minimum atomic E-state index is 0.389. The van der Waals surface area contributed by atoms with Gasteiger partial charge in [0.05, 0.1) is 7.11 Å². The number of aryl methyl sites for hydroxylation is 1. The number of hydrogen-bond donors (Lipinski definition) is 1. The monoisotopic (exact) mass is 288 g/mol. The largest absolute Gasteiger partial charge is 0.497 e. The van der Waals surface area contributed by atoms with Gasteiger partial charge >= 0.3 is 0 Å². The highest BCUT2D eigenvalue weighted by Crippen LogP contribution is 2.38. The molecule has 3 rings (SSSR count). The van der Waals surface area contributed by atoms with Crippen LogP contribution in [-0.4, -0.2) is 31.1 Å². The van der Waals surface area contributed by atoms with E-state index in [4.69, 9.17) is 10.5 Å². The van der Waals surface area contributed by atoms with E-state index in [9.17, 15) is 0 Å². The van der Waals surface area contributed by atoms with Gasteiger partial charge in [0.1, 0.15) is 5.75 Å². The number of fused-ring (bicyclic) bond motifs is 1. The highest BCUT2D eigenvalue weighted by Gasteiger charge is 2.32. The molecular formula is C18H28N2O. The standard InChI is InChI=1S/C18H28N2O/c1-3-13-12-20(10-9-17(13)19)18-6-4-5-14-7-8-15(21-2)11-16(14)18/h7-8,11,13,17-18H,3-6,9-10,12,19H2,1-2H3. The molecule has 0 radical (unpaired) electrons. The molecule has 0 bridgehead atoms. The molecule has 116 valence electrons. The highest BCUT2D eigenvalue weighted by molar-refractivity contribution is 5.39. The van der Waals surface area contributed by atoms with Crippen molar-refractivity contribution in [2.45, 2.75) is 51.1 Å². The summed E-state index contributed by atoms with van der Waals surface area (Å²) in [7, 11) is 1.76. The number of likely N-dealkylation sites (tertiary alicyclic amines) is 1. The molecule has 21 heavy (non-hydrogen) atoms. The second kappa shape index (κ2) is 6.37. The fraction of sp³-hybridized carbons (Fsp3) is 0.667. The molecule has 3 heteroatoms. The van der Waals surface area contributed by atoms with Gasteiger partial charge in [-0.3, -0.25) is 4.90 Å². The van der Waals surface area contributed by atoms with Gasteiger partial charge < -0.3 is 10.5 Å². The van der Waals surface area contributed by atoms with Crippen LogP contribution in [0.1, 0.15) is 49.8 Å². The Morgan fingerprint density at radius 3 is 2.95 bits per heavy atom. The van der Waals surface area contributed by atoms with E-state index >= 15 is 0 Å². The second-order valence-corrected chi connectivity index (χ2v) is 6.59. The summed E-state index contributed by atoms with van der Waals surface area (Å²) >= 11 is 0. The Bertz CT molecular complexity index is 488. The van der Waals surface area contributed by atoms with Crippen LogP contribution in [0.5, 0.6) is 5.75 Å². The molecule has 1 heterocycles. The van der Waals surface area contributed by atoms with E-state index in [-0.39, 0.29) is 0 Å². The molecule has 0 amide bonds. The highest BCUT2D eigenvalue weighted by atomic mass is 16.5. The van der Waals surface area contributed by atoms with Gasteiger partial charge in [-0.25, -0.2) is 0 Å². The fourth-order valence-electron chi connectivity index (χ4n) is 4.05. The van der Waals surface area contributed by atoms with Crippen molar-refractivity contribution in [1.29, 1.82) is 0 Å². The Hall–Kier alpha value is -1.06. The van der Waals surface area contributed by atoms with Crippen LogP contribution in [0.25, 0.3) is 0 Å². The predicted molar refractivity (Wildman–Crippen MR) is 86.6 cm³/mol. The summed E-state index contributed by atoms with van der Waals surface area (Å²) in [5, 5.41) is 0. The molecule has 1 aromatic carbocycles. The summed E-state index contributed by atoms with van der Waals surface area (Å²) in [5.41, 5.74) is 9.28. The molecule has 3 atom stereocenters. The SMILES string of the molecule is CCC1CN(C2CCCc3ccc(OC)cc32)CCC1N. The molecular weight excluding hydrogens is 260 g/mol. The van der Waals surface area contributed by atoms with Crippen molar-refractivity contribution in [3.05, 3.63) is 29.3 Å². The number of rotatable bonds is 3. The van der Waals surface area contributed by atoms with Gasteiger partial charge in [0.2, 0.25) is 0 Å². The lowest BCUT2D eigenvalue weighted by molar-refractivity contribution is 0.0965. The van der Waals surface area contributed by atoms with Crippen LogP contribution in [0.15, 0.2) is 18.2 Å². The Morgan fingerprint density at radius 2 is 2.19 bits per heavy atom. The molecule has 1 aliphatic carbocycles. The zero-order valence-corrected chi connectivity index (χ0v) is 13.3. The van der Waals surface area contributed by atoms with E-state index in [1.54, 1.807) is 7.11 Å². The van der Waals surface area contributed by atoms with Gasteiger partial charge in [-0.1, -0.05) is 19.4 Å². The van der Waals surface area contributed by atoms with E-state index in [0.717, 1.165) is 25.3 Å². The summed E-state index contributed by atoms with van der Waals surface area (Å²) in [6.45, 7) is 4.56. The Kier molecular flexibility index (Phi) is 4.51. The molecule has 1 saturated heterocycles. The lowest BCUT2D eigenvalue weighted by Crippen LogP contribution is -2.48. The maximum Gasteiger partial charge on any atom is 0.119 e. The normalized spacial score (nSPS) is 30.0. The Morgan fingerprint density at radius 1 is 1.33 bits per heavy atom. The third-order valence-electron chi connectivity index (χ3n) is 5.43. The molecule has 3 nitrogen and oxygen atoms in total. The lowest BCUT2D eigenvalue weighted by Gasteiger charge is -2.43. The van der Waals surface area contributed by atoms with Crippen LogP contribution in [0.4, 0.5) is 0 Å². The van der Waals surface area contributed by atoms with E-state index in [0.29, 0.717) is 18.0 Å². The minimum Gasteiger partial charge on any atom is -0.497 e. The number of piperidine rings is 1. The summed E-state index contributed by atoms with van der Waals surface area (Å²) in [5.74, 6) is 1.64. The number of benzene rings is 1. The van der Waals surface area contributed by atoms with Crippen LogP contribution in [0.2, 0.25) is 0 Å². The van der Waals surface area contributed by atoms with Gasteiger partial charge in [0, 0.05) is 25.2 Å². The van der Waals surface area contributed by atoms with E-state index in [1.807, 2.05) is 0 Å². The number of hydrogen-bond acceptors (Lipinski definition) is 3. The maximum absolute atomic E-state index is 6.27. The zero-order chi connectivity index (χ0) is 14.8. The van der Waals surface area contributed by atoms with Crippen molar-refractivity contribution in [2.75, 3.05) is 20.2 Å². The molecule has 1 aromatic rings. The number of methoxy groups -OCH3 is 1. The first-order valence-corrected chi connectivity index (χ1v) is 8.39. The summed E-state index contributed by atoms with van der Waals surface area (Å²) in [6, 6.07) is 7.56. The van der Waals surface area contributed by atoms with Crippen molar-refractivity contribution in [1.82, 2.24) is 4.90 Å². The second-order valence-electron chi connectivity index (χ2n) is 6.59. The number of ether oxygens (including phenoxy) is 1. The molecule has 0 aromatic heterocycles. The van der Waals surface area contributed by atoms with Crippen LogP contribution in [-0.2, 0) is 6.42 Å². The minimum absolute atomic E-state index is 0.389. The van der Waals surface area contributed by atoms with Gasteiger partial charge in [-0.05, 0) is 54.9 Å². The van der Waals surface area contributed by atoms with Crippen LogP contribution in [0.3, 0.4) is 0 Å². The summed E-state index contributed by atoms with van der Waals surface area (Å²) in [4.78, 5) is 2.68. The first kappa shape index (κ1) is 14.9. The van der Waals surface area contributed by atoms with Crippen molar-refractivity contribution >= 4 is 0 Å². The third-order valence-corrected chi connectivity index (χ3v) is 5.43. The molecule has 1 fully saturated rings. The zero-order valence-electron chi connectivity index (χ0n) is 13.3. The van der Waals surface area contributed by atoms with E-state index < -0.39 is 0 Å². The molecule has 0 saturated carbocycles. The average Bonchev–Trinajstić information content (AvgIpc) is 2.54. The molecule has 2 aliphatic rings. The average molecular weight is 288 g/mol. The summed E-state index contributed by atoms with van der Waals surface area (Å²) < 4.78 is 5.44. The van der Waals surface area contributed by atoms with Crippen molar-refractivity contribution in [2.24, 2.45) is 11.7 Å². The van der Waals surface area contributed by atoms with Gasteiger partial charge in [-0.2, -0.15) is 0 Å². The van der Waals surface area contributed by atoms with Crippen molar-refractivity contribution in [3.8, 4) is 5.75 Å². The first-order valence-electron chi connectivity index (χ1n) is 8.39. The van der Waals surface area contributed by atoms with E-state index in [2.05, 4.69) is 30.0 Å². The van der Waals surface area contributed by atoms with Crippen molar-refractivity contribution in [3.63, 3.8) is 0 Å². The summed E-state index contributed by atoms with van der Waals surface area (Å²) in [6.07, 6.45) is 6.10. The van der Waals surface area contributed by atoms with Crippen molar-refractivity contribution < 1.29 is 4.74 Å². The van der Waals surface area contributed by atoms with Gasteiger partial charge in [0.25, 0.3) is 0 Å². The van der Waals surface area contributed by atoms with Crippen LogP contribution >= 0.6 is 0 Å². The van der Waals surface area contributed by atoms with Crippen LogP contribution < -0.4 is 10.5 Å². The number of nitrogens with two attached hydrogens (primary N) is 1. The molecule has 2 N–H and O–H groups in total. The Balaban J connectivity index is 1.84. The fourth-order valence-corrected chi connectivity index (χ4v) is 4.05. The molecule has 1 aliphatic heterocycles. The Labute approximate surface area is 128 Å². The van der Waals surface area contributed by atoms with Crippen LogP contribution in [0, 0.1) is 5.92 Å². The quantitative estimate of drug-likeness (QED) is 0.928. The van der Waals surface area contributed by atoms with Gasteiger partial charge in [-0.15, -0.1) is 0 Å². The first-order chi connectivity index (χ1) is 10.2. The number of nitrogens with zero attached hydrogens (tertiary/aromatic N) is 1. The molecule has 0 spiro atoms. The third kappa shape index (κ3) is 2.95. The molecule has 3 unspecified atom stereocenters. The topological polar surface area (TPSA) is 38.5 Å². The maximum atomic E-state index is 6.27. The van der Waals surface area contributed by atoms with E-state index in [1.165, 1.54) is 36.8 Å². The lowest BCUT2D eigenvalue weighted by atomic mass is 9.83. The predicted octanol–water partition coefficient (Wildman–Crippen LogP) is 3.13.